The average molecular weight is 360 g/mol. The standard InChI is InChI=1S/C16H11F3N6O/c17-16(18,19)14(26)9-1-2-12(21-5-9)25-7-10(6-24-25)11-3-4-20-15-13(11)22-8-23-15/h1-8,14,26H,(H,20,22,23). The fourth-order valence-electron chi connectivity index (χ4n) is 2.55. The Kier molecular flexibility index (Phi) is 3.69. The molecule has 0 aliphatic carbocycles. The number of nitrogens with zero attached hydrogens (tertiary/aromatic N) is 5. The molecule has 132 valence electrons. The largest absolute Gasteiger partial charge is 0.418 e. The van der Waals surface area contributed by atoms with Crippen molar-refractivity contribution in [1.82, 2.24) is 29.7 Å². The molecule has 7 nitrogen and oxygen atoms in total. The first-order chi connectivity index (χ1) is 12.4. The Hall–Kier alpha value is -3.27. The van der Waals surface area contributed by atoms with Crippen LogP contribution in [0.3, 0.4) is 0 Å². The van der Waals surface area contributed by atoms with Crippen molar-refractivity contribution in [3.63, 3.8) is 0 Å². The number of hydrogen-bond acceptors (Lipinski definition) is 5. The molecule has 4 aromatic heterocycles. The van der Waals surface area contributed by atoms with Gasteiger partial charge in [0.15, 0.2) is 17.6 Å². The Labute approximate surface area is 144 Å². The van der Waals surface area contributed by atoms with E-state index in [1.54, 1.807) is 24.7 Å². The van der Waals surface area contributed by atoms with Crippen LogP contribution < -0.4 is 0 Å². The minimum atomic E-state index is -4.74. The van der Waals surface area contributed by atoms with Crippen molar-refractivity contribution >= 4 is 11.2 Å². The Balaban J connectivity index is 1.65. The van der Waals surface area contributed by atoms with E-state index in [9.17, 15) is 18.3 Å². The summed E-state index contributed by atoms with van der Waals surface area (Å²) >= 11 is 0. The van der Waals surface area contributed by atoms with E-state index >= 15 is 0 Å². The summed E-state index contributed by atoms with van der Waals surface area (Å²) in [6.07, 6.45) is 0.138. The number of aliphatic hydroxyl groups is 1. The number of fused-ring (bicyclic) bond motifs is 1. The van der Waals surface area contributed by atoms with Gasteiger partial charge in [0.05, 0.1) is 12.5 Å². The molecular formula is C16H11F3N6O. The normalized spacial score (nSPS) is 13.2. The highest BCUT2D eigenvalue weighted by molar-refractivity contribution is 5.88. The number of rotatable bonds is 3. The summed E-state index contributed by atoms with van der Waals surface area (Å²) in [5.74, 6) is 0.321. The molecule has 26 heavy (non-hydrogen) atoms. The molecule has 10 heteroatoms. The summed E-state index contributed by atoms with van der Waals surface area (Å²) in [5, 5.41) is 13.4. The summed E-state index contributed by atoms with van der Waals surface area (Å²) in [7, 11) is 0. The van der Waals surface area contributed by atoms with Gasteiger partial charge in [-0.25, -0.2) is 19.6 Å². The minimum absolute atomic E-state index is 0.321. The number of pyridine rings is 2. The molecule has 1 atom stereocenters. The van der Waals surface area contributed by atoms with Crippen LogP contribution in [0.4, 0.5) is 13.2 Å². The van der Waals surface area contributed by atoms with Gasteiger partial charge in [-0.15, -0.1) is 0 Å². The van der Waals surface area contributed by atoms with E-state index in [-0.39, 0.29) is 5.56 Å². The summed E-state index contributed by atoms with van der Waals surface area (Å²) in [6, 6.07) is 4.32. The highest BCUT2D eigenvalue weighted by Crippen LogP contribution is 2.32. The molecular weight excluding hydrogens is 349 g/mol. The summed E-state index contributed by atoms with van der Waals surface area (Å²) in [5.41, 5.74) is 2.56. The lowest BCUT2D eigenvalue weighted by Gasteiger charge is -2.14. The van der Waals surface area contributed by atoms with Gasteiger partial charge >= 0.3 is 6.18 Å². The van der Waals surface area contributed by atoms with Crippen molar-refractivity contribution in [2.75, 3.05) is 0 Å². The Bertz CT molecular complexity index is 1050. The molecule has 0 aliphatic rings. The number of aliphatic hydroxyl groups excluding tert-OH is 1. The van der Waals surface area contributed by atoms with Crippen LogP contribution in [0.25, 0.3) is 28.1 Å². The lowest BCUT2D eigenvalue weighted by molar-refractivity contribution is -0.206. The lowest BCUT2D eigenvalue weighted by Crippen LogP contribution is -2.20. The van der Waals surface area contributed by atoms with E-state index < -0.39 is 12.3 Å². The molecule has 0 aliphatic heterocycles. The van der Waals surface area contributed by atoms with Crippen molar-refractivity contribution in [2.24, 2.45) is 0 Å². The van der Waals surface area contributed by atoms with E-state index in [2.05, 4.69) is 25.0 Å². The van der Waals surface area contributed by atoms with E-state index in [1.165, 1.54) is 23.1 Å². The maximum Gasteiger partial charge on any atom is 0.418 e. The number of hydrogen-bond donors (Lipinski definition) is 2. The van der Waals surface area contributed by atoms with Crippen LogP contribution in [0.2, 0.25) is 0 Å². The molecule has 1 unspecified atom stereocenters. The monoisotopic (exact) mass is 360 g/mol. The molecule has 0 saturated heterocycles. The Morgan fingerprint density at radius 3 is 2.65 bits per heavy atom. The zero-order chi connectivity index (χ0) is 18.3. The topological polar surface area (TPSA) is 92.5 Å². The quantitative estimate of drug-likeness (QED) is 0.586. The molecule has 0 amide bonds. The van der Waals surface area contributed by atoms with Crippen LogP contribution in [0, 0.1) is 0 Å². The van der Waals surface area contributed by atoms with Crippen LogP contribution in [0.1, 0.15) is 11.7 Å². The van der Waals surface area contributed by atoms with Gasteiger partial charge in [0.1, 0.15) is 5.52 Å². The van der Waals surface area contributed by atoms with Gasteiger partial charge in [-0.3, -0.25) is 0 Å². The zero-order valence-corrected chi connectivity index (χ0v) is 13.0. The summed E-state index contributed by atoms with van der Waals surface area (Å²) < 4.78 is 39.1. The number of aromatic nitrogens is 6. The molecule has 4 heterocycles. The Morgan fingerprint density at radius 2 is 1.92 bits per heavy atom. The fourth-order valence-corrected chi connectivity index (χ4v) is 2.55. The predicted octanol–water partition coefficient (Wildman–Crippen LogP) is 2.80. The van der Waals surface area contributed by atoms with Gasteiger partial charge in [0, 0.05) is 35.3 Å². The minimum Gasteiger partial charge on any atom is -0.379 e. The number of nitrogens with one attached hydrogen (secondary N) is 1. The predicted molar refractivity (Wildman–Crippen MR) is 85.3 cm³/mol. The summed E-state index contributed by atoms with van der Waals surface area (Å²) in [6.45, 7) is 0. The number of H-pyrrole nitrogens is 1. The molecule has 4 aromatic rings. The lowest BCUT2D eigenvalue weighted by atomic mass is 10.1. The van der Waals surface area contributed by atoms with Gasteiger partial charge in [0.25, 0.3) is 0 Å². The third-order valence-corrected chi connectivity index (χ3v) is 3.84. The molecule has 0 bridgehead atoms. The molecule has 0 radical (unpaired) electrons. The molecule has 0 saturated carbocycles. The highest BCUT2D eigenvalue weighted by Gasteiger charge is 2.39. The molecule has 2 N–H and O–H groups in total. The van der Waals surface area contributed by atoms with Crippen molar-refractivity contribution < 1.29 is 18.3 Å². The number of aromatic amines is 1. The van der Waals surface area contributed by atoms with Crippen molar-refractivity contribution in [3.05, 3.63) is 54.9 Å². The average Bonchev–Trinajstić information content (AvgIpc) is 3.29. The number of halogens is 3. The second-order valence-corrected chi connectivity index (χ2v) is 5.53. The van der Waals surface area contributed by atoms with Crippen LogP contribution in [-0.2, 0) is 0 Å². The van der Waals surface area contributed by atoms with E-state index in [0.29, 0.717) is 17.0 Å². The first kappa shape index (κ1) is 16.2. The number of alkyl halides is 3. The molecule has 4 rings (SSSR count). The zero-order valence-electron chi connectivity index (χ0n) is 13.0. The van der Waals surface area contributed by atoms with Crippen LogP contribution in [0.15, 0.2) is 49.3 Å². The van der Waals surface area contributed by atoms with Gasteiger partial charge in [-0.05, 0) is 12.1 Å². The van der Waals surface area contributed by atoms with Crippen LogP contribution in [0.5, 0.6) is 0 Å². The number of imidazole rings is 1. The fraction of sp³-hybridized carbons (Fsp3) is 0.125. The smallest absolute Gasteiger partial charge is 0.379 e. The first-order valence-electron chi connectivity index (χ1n) is 7.48. The van der Waals surface area contributed by atoms with Crippen molar-refractivity contribution in [2.45, 2.75) is 12.3 Å². The van der Waals surface area contributed by atoms with Crippen molar-refractivity contribution in [1.29, 1.82) is 0 Å². The van der Waals surface area contributed by atoms with Crippen LogP contribution in [-0.4, -0.2) is 41.0 Å². The summed E-state index contributed by atoms with van der Waals surface area (Å²) in [4.78, 5) is 15.3. The van der Waals surface area contributed by atoms with E-state index in [0.717, 1.165) is 17.3 Å². The van der Waals surface area contributed by atoms with Crippen molar-refractivity contribution in [3.8, 4) is 16.9 Å². The molecule has 0 aromatic carbocycles. The maximum atomic E-state index is 12.5. The molecule has 0 fully saturated rings. The second-order valence-electron chi connectivity index (χ2n) is 5.53. The van der Waals surface area contributed by atoms with Gasteiger partial charge < -0.3 is 10.1 Å². The first-order valence-corrected chi connectivity index (χ1v) is 7.48. The third-order valence-electron chi connectivity index (χ3n) is 3.84. The third kappa shape index (κ3) is 2.80. The van der Waals surface area contributed by atoms with Crippen LogP contribution >= 0.6 is 0 Å². The Morgan fingerprint density at radius 1 is 1.08 bits per heavy atom. The van der Waals surface area contributed by atoms with Gasteiger partial charge in [-0.2, -0.15) is 18.3 Å². The maximum absolute atomic E-state index is 12.5. The molecule has 0 spiro atoms. The van der Waals surface area contributed by atoms with Gasteiger partial charge in [0.2, 0.25) is 0 Å². The van der Waals surface area contributed by atoms with E-state index in [1.807, 2.05) is 0 Å². The highest BCUT2D eigenvalue weighted by atomic mass is 19.4. The SMILES string of the molecule is OC(c1ccc(-n2cc(-c3ccnc4[nH]cnc34)cn2)nc1)C(F)(F)F. The second kappa shape index (κ2) is 5.92. The van der Waals surface area contributed by atoms with Gasteiger partial charge in [-0.1, -0.05) is 6.07 Å². The van der Waals surface area contributed by atoms with E-state index in [4.69, 9.17) is 0 Å².